The Bertz CT molecular complexity index is 553. The number of nitrogens with zero attached hydrogens (tertiary/aromatic N) is 1. The minimum absolute atomic E-state index is 0.0576. The van der Waals surface area contributed by atoms with Crippen molar-refractivity contribution >= 4 is 23.6 Å². The third-order valence-corrected chi connectivity index (χ3v) is 4.39. The van der Waals surface area contributed by atoms with E-state index < -0.39 is 17.6 Å². The Morgan fingerprint density at radius 3 is 2.76 bits per heavy atom. The molecule has 1 aliphatic rings. The highest BCUT2D eigenvalue weighted by atomic mass is 32.2. The van der Waals surface area contributed by atoms with Gasteiger partial charge in [0.15, 0.2) is 11.6 Å². The highest BCUT2D eigenvalue weighted by Crippen LogP contribution is 2.20. The molecule has 0 radical (unpaired) electrons. The Balaban J connectivity index is 2.06. The lowest BCUT2D eigenvalue weighted by atomic mass is 10.1. The van der Waals surface area contributed by atoms with E-state index in [0.717, 1.165) is 17.9 Å². The summed E-state index contributed by atoms with van der Waals surface area (Å²) in [6, 6.07) is 3.00. The first-order valence-electron chi connectivity index (χ1n) is 6.50. The number of benzene rings is 1. The molecule has 1 heterocycles. The van der Waals surface area contributed by atoms with Crippen LogP contribution in [0.5, 0.6) is 0 Å². The molecule has 0 bridgehead atoms. The number of carbonyl (C=O) groups is 2. The van der Waals surface area contributed by atoms with E-state index in [-0.39, 0.29) is 24.8 Å². The molecule has 1 saturated heterocycles. The lowest BCUT2D eigenvalue weighted by molar-refractivity contribution is -0.140. The Morgan fingerprint density at radius 1 is 1.33 bits per heavy atom. The monoisotopic (exact) mass is 315 g/mol. The Morgan fingerprint density at radius 2 is 2.10 bits per heavy atom. The molecule has 1 aromatic carbocycles. The van der Waals surface area contributed by atoms with Crippen molar-refractivity contribution in [3.8, 4) is 0 Å². The minimum Gasteiger partial charge on any atom is -0.481 e. The summed E-state index contributed by atoms with van der Waals surface area (Å²) in [6.07, 6.45) is -0.158. The van der Waals surface area contributed by atoms with Gasteiger partial charge in [-0.1, -0.05) is 6.07 Å². The van der Waals surface area contributed by atoms with E-state index in [1.165, 1.54) is 11.0 Å². The van der Waals surface area contributed by atoms with E-state index >= 15 is 0 Å². The second-order valence-corrected chi connectivity index (χ2v) is 5.99. The Kier molecular flexibility index (Phi) is 5.17. The molecule has 21 heavy (non-hydrogen) atoms. The summed E-state index contributed by atoms with van der Waals surface area (Å²) in [6.45, 7) is 0.477. The van der Waals surface area contributed by atoms with Crippen LogP contribution in [0.4, 0.5) is 8.78 Å². The van der Waals surface area contributed by atoms with Crippen LogP contribution in [-0.2, 0) is 16.0 Å². The normalized spacial score (nSPS) is 18.6. The molecule has 0 aromatic heterocycles. The molecule has 0 spiro atoms. The van der Waals surface area contributed by atoms with E-state index in [9.17, 15) is 18.4 Å². The minimum atomic E-state index is -0.989. The number of carbonyl (C=O) groups excluding carboxylic acids is 1. The summed E-state index contributed by atoms with van der Waals surface area (Å²) in [4.78, 5) is 24.6. The molecule has 0 aliphatic carbocycles. The number of amides is 1. The fraction of sp³-hybridized carbons (Fsp3) is 0.429. The van der Waals surface area contributed by atoms with Gasteiger partial charge in [-0.15, -0.1) is 0 Å². The van der Waals surface area contributed by atoms with Crippen LogP contribution in [0.1, 0.15) is 12.0 Å². The van der Waals surface area contributed by atoms with E-state index in [1.54, 1.807) is 11.8 Å². The number of hydrogen-bond acceptors (Lipinski definition) is 3. The van der Waals surface area contributed by atoms with Crippen LogP contribution in [-0.4, -0.2) is 46.0 Å². The number of rotatable bonds is 4. The van der Waals surface area contributed by atoms with Gasteiger partial charge >= 0.3 is 5.97 Å². The molecule has 1 aliphatic heterocycles. The van der Waals surface area contributed by atoms with Crippen LogP contribution in [0.2, 0.25) is 0 Å². The zero-order valence-corrected chi connectivity index (χ0v) is 12.0. The van der Waals surface area contributed by atoms with Crippen LogP contribution in [0, 0.1) is 11.6 Å². The molecule has 4 nitrogen and oxygen atoms in total. The molecule has 1 aromatic rings. The van der Waals surface area contributed by atoms with Crippen molar-refractivity contribution in [1.29, 1.82) is 0 Å². The van der Waals surface area contributed by atoms with Crippen LogP contribution < -0.4 is 0 Å². The highest BCUT2D eigenvalue weighted by Gasteiger charge is 2.28. The maximum atomic E-state index is 13.1. The molecule has 1 atom stereocenters. The molecular formula is C14H15F2NO3S. The largest absolute Gasteiger partial charge is 0.481 e. The van der Waals surface area contributed by atoms with Gasteiger partial charge in [0.05, 0.1) is 18.9 Å². The van der Waals surface area contributed by atoms with Gasteiger partial charge in [0.2, 0.25) is 5.91 Å². The van der Waals surface area contributed by atoms with Gasteiger partial charge in [0.25, 0.3) is 0 Å². The summed E-state index contributed by atoms with van der Waals surface area (Å²) in [5.41, 5.74) is 0.381. The SMILES string of the molecule is O=C(O)CC1CSCCN1C(=O)Cc1ccc(F)c(F)c1. The van der Waals surface area contributed by atoms with Crippen LogP contribution in [0.15, 0.2) is 18.2 Å². The maximum absolute atomic E-state index is 13.1. The zero-order valence-electron chi connectivity index (χ0n) is 11.2. The highest BCUT2D eigenvalue weighted by molar-refractivity contribution is 7.99. The number of carboxylic acids is 1. The number of hydrogen-bond donors (Lipinski definition) is 1. The summed E-state index contributed by atoms with van der Waals surface area (Å²) in [5.74, 6) is -1.82. The second-order valence-electron chi connectivity index (χ2n) is 4.84. The zero-order chi connectivity index (χ0) is 15.4. The molecular weight excluding hydrogens is 300 g/mol. The molecule has 1 N–H and O–H groups in total. The van der Waals surface area contributed by atoms with E-state index in [0.29, 0.717) is 17.9 Å². The molecule has 114 valence electrons. The quantitative estimate of drug-likeness (QED) is 0.922. The van der Waals surface area contributed by atoms with Crippen LogP contribution >= 0.6 is 11.8 Å². The molecule has 7 heteroatoms. The van der Waals surface area contributed by atoms with E-state index in [4.69, 9.17) is 5.11 Å². The van der Waals surface area contributed by atoms with Gasteiger partial charge in [-0.25, -0.2) is 8.78 Å². The molecule has 1 amide bonds. The van der Waals surface area contributed by atoms with Crippen molar-refractivity contribution in [2.75, 3.05) is 18.1 Å². The van der Waals surface area contributed by atoms with Crippen molar-refractivity contribution in [1.82, 2.24) is 4.90 Å². The van der Waals surface area contributed by atoms with Crippen molar-refractivity contribution in [2.24, 2.45) is 0 Å². The third-order valence-electron chi connectivity index (χ3n) is 3.30. The molecule has 1 unspecified atom stereocenters. The first-order valence-corrected chi connectivity index (χ1v) is 7.66. The van der Waals surface area contributed by atoms with Gasteiger partial charge in [-0.05, 0) is 17.7 Å². The van der Waals surface area contributed by atoms with Crippen molar-refractivity contribution in [2.45, 2.75) is 18.9 Å². The lowest BCUT2D eigenvalue weighted by Crippen LogP contribution is -2.47. The fourth-order valence-corrected chi connectivity index (χ4v) is 3.34. The van der Waals surface area contributed by atoms with Crippen LogP contribution in [0.25, 0.3) is 0 Å². The summed E-state index contributed by atoms with van der Waals surface area (Å²) >= 11 is 1.61. The smallest absolute Gasteiger partial charge is 0.305 e. The number of thioether (sulfide) groups is 1. The number of aliphatic carboxylic acids is 1. The van der Waals surface area contributed by atoms with Gasteiger partial charge in [0, 0.05) is 18.1 Å². The second kappa shape index (κ2) is 6.89. The van der Waals surface area contributed by atoms with Crippen molar-refractivity contribution in [3.05, 3.63) is 35.4 Å². The predicted octanol–water partition coefficient (Wildman–Crippen LogP) is 1.93. The Hall–Kier alpha value is -1.63. The van der Waals surface area contributed by atoms with Gasteiger partial charge in [-0.2, -0.15) is 11.8 Å². The first kappa shape index (κ1) is 15.8. The Labute approximate surface area is 125 Å². The van der Waals surface area contributed by atoms with Crippen molar-refractivity contribution in [3.63, 3.8) is 0 Å². The fourth-order valence-electron chi connectivity index (χ4n) is 2.28. The third kappa shape index (κ3) is 4.17. The lowest BCUT2D eigenvalue weighted by Gasteiger charge is -2.34. The first-order chi connectivity index (χ1) is 9.97. The molecule has 2 rings (SSSR count). The van der Waals surface area contributed by atoms with Gasteiger partial charge < -0.3 is 10.0 Å². The van der Waals surface area contributed by atoms with Gasteiger partial charge in [0.1, 0.15) is 0 Å². The number of halogens is 2. The van der Waals surface area contributed by atoms with Crippen molar-refractivity contribution < 1.29 is 23.5 Å². The summed E-state index contributed by atoms with van der Waals surface area (Å²) in [5, 5.41) is 8.88. The van der Waals surface area contributed by atoms with E-state index in [2.05, 4.69) is 0 Å². The molecule has 1 fully saturated rings. The standard InChI is InChI=1S/C14H15F2NO3S/c15-11-2-1-9(5-12(11)16)6-13(18)17-3-4-21-8-10(17)7-14(19)20/h1-2,5,10H,3-4,6-8H2,(H,19,20). The van der Waals surface area contributed by atoms with E-state index in [1.807, 2.05) is 0 Å². The predicted molar refractivity (Wildman–Crippen MR) is 75.1 cm³/mol. The summed E-state index contributed by atoms with van der Waals surface area (Å²) in [7, 11) is 0. The average Bonchev–Trinajstić information content (AvgIpc) is 2.43. The summed E-state index contributed by atoms with van der Waals surface area (Å²) < 4.78 is 26.0. The maximum Gasteiger partial charge on any atom is 0.305 e. The molecule has 0 saturated carbocycles. The number of carboxylic acid groups (broad SMARTS) is 1. The average molecular weight is 315 g/mol. The topological polar surface area (TPSA) is 57.6 Å². The van der Waals surface area contributed by atoms with Crippen LogP contribution in [0.3, 0.4) is 0 Å². The van der Waals surface area contributed by atoms with Gasteiger partial charge in [-0.3, -0.25) is 9.59 Å².